The van der Waals surface area contributed by atoms with Crippen LogP contribution in [-0.2, 0) is 14.4 Å². The van der Waals surface area contributed by atoms with E-state index in [1.807, 2.05) is 0 Å². The number of rotatable bonds is 16. The fraction of sp³-hybridized carbons (Fsp3) is 0.650. The van der Waals surface area contributed by atoms with Gasteiger partial charge in [-0.25, -0.2) is 0 Å². The van der Waals surface area contributed by atoms with E-state index in [2.05, 4.69) is 31.2 Å². The lowest BCUT2D eigenvalue weighted by molar-refractivity contribution is -0.176. The summed E-state index contributed by atoms with van der Waals surface area (Å²) < 4.78 is 0. The van der Waals surface area contributed by atoms with E-state index in [4.69, 9.17) is 15.3 Å². The van der Waals surface area contributed by atoms with Crippen molar-refractivity contribution in [1.29, 1.82) is 0 Å². The van der Waals surface area contributed by atoms with Crippen molar-refractivity contribution < 1.29 is 29.7 Å². The van der Waals surface area contributed by atoms with Crippen molar-refractivity contribution in [3.05, 3.63) is 24.3 Å². The average Bonchev–Trinajstić information content (AvgIpc) is 2.57. The Morgan fingerprint density at radius 3 is 1.62 bits per heavy atom. The molecule has 0 aromatic heterocycles. The molecule has 0 amide bonds. The minimum absolute atomic E-state index is 0.259. The third-order valence-electron chi connectivity index (χ3n) is 4.35. The van der Waals surface area contributed by atoms with Crippen LogP contribution in [0.1, 0.15) is 77.6 Å². The third kappa shape index (κ3) is 8.83. The van der Waals surface area contributed by atoms with Crippen LogP contribution in [0.15, 0.2) is 24.3 Å². The Hall–Kier alpha value is -2.11. The molecule has 0 aliphatic heterocycles. The molecule has 6 nitrogen and oxygen atoms in total. The molecule has 26 heavy (non-hydrogen) atoms. The normalized spacial score (nSPS) is 12.0. The van der Waals surface area contributed by atoms with Crippen LogP contribution in [0.3, 0.4) is 0 Å². The summed E-state index contributed by atoms with van der Waals surface area (Å²) in [6.07, 6.45) is 17.5. The predicted octanol–water partition coefficient (Wildman–Crippen LogP) is 4.65. The molecule has 0 saturated heterocycles. The van der Waals surface area contributed by atoms with Gasteiger partial charge in [0.2, 0.25) is 0 Å². The van der Waals surface area contributed by atoms with Crippen molar-refractivity contribution in [1.82, 2.24) is 0 Å². The van der Waals surface area contributed by atoms with Gasteiger partial charge in [0.15, 0.2) is 0 Å². The topological polar surface area (TPSA) is 112 Å². The van der Waals surface area contributed by atoms with E-state index in [0.29, 0.717) is 6.42 Å². The van der Waals surface area contributed by atoms with Crippen LogP contribution in [0.25, 0.3) is 0 Å². The molecule has 0 aliphatic carbocycles. The molecule has 148 valence electrons. The molecular weight excluding hydrogens is 336 g/mol. The molecule has 0 bridgehead atoms. The molecule has 0 fully saturated rings. The first-order valence-corrected chi connectivity index (χ1v) is 9.39. The molecule has 0 unspecified atom stereocenters. The monoisotopic (exact) mass is 368 g/mol. The van der Waals surface area contributed by atoms with Gasteiger partial charge in [-0.05, 0) is 38.5 Å². The lowest BCUT2D eigenvalue weighted by atomic mass is 9.82. The quantitative estimate of drug-likeness (QED) is 0.208. The number of allylic oxidation sites excluding steroid dienone is 4. The molecule has 0 spiro atoms. The Morgan fingerprint density at radius 2 is 1.15 bits per heavy atom. The largest absolute Gasteiger partial charge is 0.480 e. The van der Waals surface area contributed by atoms with Gasteiger partial charge < -0.3 is 15.3 Å². The van der Waals surface area contributed by atoms with Crippen molar-refractivity contribution in [2.45, 2.75) is 77.6 Å². The van der Waals surface area contributed by atoms with E-state index < -0.39 is 29.7 Å². The Morgan fingerprint density at radius 1 is 0.692 bits per heavy atom. The first-order valence-electron chi connectivity index (χ1n) is 9.39. The number of carboxylic acids is 3. The lowest BCUT2D eigenvalue weighted by Gasteiger charge is -2.19. The Balaban J connectivity index is 3.90. The number of unbranched alkanes of at least 4 members (excludes halogenated alkanes) is 7. The second-order valence-corrected chi connectivity index (χ2v) is 6.45. The number of hydrogen-bond acceptors (Lipinski definition) is 3. The van der Waals surface area contributed by atoms with Gasteiger partial charge in [-0.1, -0.05) is 63.3 Å². The zero-order chi connectivity index (χ0) is 19.8. The molecule has 0 rings (SSSR count). The molecule has 0 aromatic rings. The van der Waals surface area contributed by atoms with Crippen molar-refractivity contribution in [2.24, 2.45) is 5.41 Å². The van der Waals surface area contributed by atoms with Crippen molar-refractivity contribution in [3.63, 3.8) is 0 Å². The summed E-state index contributed by atoms with van der Waals surface area (Å²) in [5.41, 5.74) is -2.73. The third-order valence-corrected chi connectivity index (χ3v) is 4.35. The molecule has 0 heterocycles. The first-order chi connectivity index (χ1) is 12.4. The van der Waals surface area contributed by atoms with Crippen LogP contribution in [-0.4, -0.2) is 33.2 Å². The van der Waals surface area contributed by atoms with Gasteiger partial charge in [-0.3, -0.25) is 14.4 Å². The average molecular weight is 368 g/mol. The molecule has 0 radical (unpaired) electrons. The SMILES string of the molecule is CCCCCC=CCC=CCCCCCCC(C(=O)O)(C(=O)O)C(=O)O. The summed E-state index contributed by atoms with van der Waals surface area (Å²) in [6, 6.07) is 0. The fourth-order valence-corrected chi connectivity index (χ4v) is 2.62. The molecule has 3 N–H and O–H groups in total. The van der Waals surface area contributed by atoms with Crippen molar-refractivity contribution >= 4 is 17.9 Å². The van der Waals surface area contributed by atoms with E-state index in [1.165, 1.54) is 19.3 Å². The van der Waals surface area contributed by atoms with E-state index >= 15 is 0 Å². The number of hydrogen-bond donors (Lipinski definition) is 3. The Labute approximate surface area is 155 Å². The van der Waals surface area contributed by atoms with Gasteiger partial charge in [0, 0.05) is 0 Å². The van der Waals surface area contributed by atoms with Crippen LogP contribution >= 0.6 is 0 Å². The van der Waals surface area contributed by atoms with Crippen LogP contribution < -0.4 is 0 Å². The number of aliphatic carboxylic acids is 3. The maximum Gasteiger partial charge on any atom is 0.332 e. The highest BCUT2D eigenvalue weighted by atomic mass is 16.4. The minimum atomic E-state index is -2.73. The summed E-state index contributed by atoms with van der Waals surface area (Å²) in [5.74, 6) is -5.45. The fourth-order valence-electron chi connectivity index (χ4n) is 2.62. The van der Waals surface area contributed by atoms with E-state index in [9.17, 15) is 14.4 Å². The Bertz CT molecular complexity index is 456. The highest BCUT2D eigenvalue weighted by molar-refractivity contribution is 6.16. The molecule has 0 aromatic carbocycles. The second kappa shape index (κ2) is 14.1. The predicted molar refractivity (Wildman–Crippen MR) is 100 cm³/mol. The van der Waals surface area contributed by atoms with Gasteiger partial charge >= 0.3 is 17.9 Å². The zero-order valence-electron chi connectivity index (χ0n) is 15.7. The zero-order valence-corrected chi connectivity index (χ0v) is 15.7. The second-order valence-electron chi connectivity index (χ2n) is 6.45. The summed E-state index contributed by atoms with van der Waals surface area (Å²) >= 11 is 0. The summed E-state index contributed by atoms with van der Waals surface area (Å²) in [7, 11) is 0. The van der Waals surface area contributed by atoms with E-state index in [1.54, 1.807) is 0 Å². The lowest BCUT2D eigenvalue weighted by Crippen LogP contribution is -2.46. The van der Waals surface area contributed by atoms with Gasteiger partial charge in [0.1, 0.15) is 0 Å². The maximum absolute atomic E-state index is 11.1. The highest BCUT2D eigenvalue weighted by Gasteiger charge is 2.53. The van der Waals surface area contributed by atoms with Gasteiger partial charge in [0.05, 0.1) is 0 Å². The number of carboxylic acid groups (broad SMARTS) is 3. The number of carbonyl (C=O) groups is 3. The molecular formula is C20H32O6. The summed E-state index contributed by atoms with van der Waals surface area (Å²) in [4.78, 5) is 33.3. The highest BCUT2D eigenvalue weighted by Crippen LogP contribution is 2.27. The van der Waals surface area contributed by atoms with Crippen LogP contribution in [0, 0.1) is 5.41 Å². The minimum Gasteiger partial charge on any atom is -0.480 e. The van der Waals surface area contributed by atoms with Crippen LogP contribution in [0.2, 0.25) is 0 Å². The maximum atomic E-state index is 11.1. The molecule has 0 saturated carbocycles. The van der Waals surface area contributed by atoms with Gasteiger partial charge in [-0.2, -0.15) is 0 Å². The first kappa shape index (κ1) is 23.9. The van der Waals surface area contributed by atoms with Gasteiger partial charge in [-0.15, -0.1) is 0 Å². The van der Waals surface area contributed by atoms with Crippen molar-refractivity contribution in [3.8, 4) is 0 Å². The molecule has 0 atom stereocenters. The van der Waals surface area contributed by atoms with E-state index in [0.717, 1.165) is 32.1 Å². The Kier molecular flexibility index (Phi) is 13.0. The summed E-state index contributed by atoms with van der Waals surface area (Å²) in [5, 5.41) is 27.0. The summed E-state index contributed by atoms with van der Waals surface area (Å²) in [6.45, 7) is 2.19. The van der Waals surface area contributed by atoms with Crippen molar-refractivity contribution in [2.75, 3.05) is 0 Å². The molecule has 0 aliphatic rings. The molecule has 6 heteroatoms. The standard InChI is InChI=1S/C20H32O6/c1-2-3-4-5-6-7-8-9-10-11-12-13-14-15-16-20(17(21)22,18(23)24)19(25)26/h6-7,9-10H,2-5,8,11-16H2,1H3,(H,21,22)(H,23,24)(H,25,26). The van der Waals surface area contributed by atoms with Gasteiger partial charge in [0.25, 0.3) is 5.41 Å². The van der Waals surface area contributed by atoms with Crippen LogP contribution in [0.4, 0.5) is 0 Å². The smallest absolute Gasteiger partial charge is 0.332 e. The van der Waals surface area contributed by atoms with Crippen LogP contribution in [0.5, 0.6) is 0 Å². The van der Waals surface area contributed by atoms with E-state index in [-0.39, 0.29) is 6.42 Å².